The van der Waals surface area contributed by atoms with Crippen LogP contribution in [-0.2, 0) is 6.54 Å². The SMILES string of the molecule is CCn1nc(C)c([C@H]2[C@H](CN)C2(C)C)c1C. The molecule has 0 radical (unpaired) electrons. The Kier molecular flexibility index (Phi) is 2.61. The van der Waals surface area contributed by atoms with Gasteiger partial charge in [-0.2, -0.15) is 5.10 Å². The second-order valence-corrected chi connectivity index (χ2v) is 5.54. The minimum atomic E-state index is 0.353. The van der Waals surface area contributed by atoms with Crippen LogP contribution in [0.15, 0.2) is 0 Å². The molecule has 0 amide bonds. The Bertz CT molecular complexity index is 404. The maximum absolute atomic E-state index is 5.85. The number of hydrogen-bond donors (Lipinski definition) is 1. The first-order valence-electron chi connectivity index (χ1n) is 6.19. The molecule has 0 spiro atoms. The van der Waals surface area contributed by atoms with E-state index in [1.165, 1.54) is 17.0 Å². The van der Waals surface area contributed by atoms with E-state index >= 15 is 0 Å². The van der Waals surface area contributed by atoms with Crippen LogP contribution in [0.2, 0.25) is 0 Å². The van der Waals surface area contributed by atoms with E-state index in [1.54, 1.807) is 0 Å². The maximum atomic E-state index is 5.85. The van der Waals surface area contributed by atoms with Gasteiger partial charge in [0.2, 0.25) is 0 Å². The summed E-state index contributed by atoms with van der Waals surface area (Å²) in [7, 11) is 0. The molecule has 0 aromatic carbocycles. The van der Waals surface area contributed by atoms with Gasteiger partial charge in [-0.15, -0.1) is 0 Å². The summed E-state index contributed by atoms with van der Waals surface area (Å²) in [6.45, 7) is 12.8. The number of nitrogens with zero attached hydrogens (tertiary/aromatic N) is 2. The molecule has 90 valence electrons. The number of aryl methyl sites for hydroxylation is 2. The van der Waals surface area contributed by atoms with E-state index in [-0.39, 0.29) is 0 Å². The van der Waals surface area contributed by atoms with Crippen molar-refractivity contribution < 1.29 is 0 Å². The summed E-state index contributed by atoms with van der Waals surface area (Å²) in [5, 5.41) is 4.60. The average molecular weight is 221 g/mol. The lowest BCUT2D eigenvalue weighted by Crippen LogP contribution is -2.05. The van der Waals surface area contributed by atoms with Crippen LogP contribution in [-0.4, -0.2) is 16.3 Å². The molecule has 1 aromatic heterocycles. The molecule has 1 aliphatic rings. The molecule has 2 rings (SSSR count). The van der Waals surface area contributed by atoms with Gasteiger partial charge in [-0.25, -0.2) is 0 Å². The fourth-order valence-electron chi connectivity index (χ4n) is 3.23. The standard InChI is InChI=1S/C13H23N3/c1-6-16-9(3)11(8(2)15-16)12-10(7-14)13(12,4)5/h10,12H,6-7,14H2,1-5H3/t10-,12+/m0/s1. The highest BCUT2D eigenvalue weighted by molar-refractivity contribution is 5.38. The van der Waals surface area contributed by atoms with Crippen molar-refractivity contribution in [3.05, 3.63) is 17.0 Å². The highest BCUT2D eigenvalue weighted by atomic mass is 15.3. The molecule has 16 heavy (non-hydrogen) atoms. The van der Waals surface area contributed by atoms with Crippen LogP contribution in [0, 0.1) is 25.2 Å². The van der Waals surface area contributed by atoms with Gasteiger partial charge in [0.25, 0.3) is 0 Å². The Morgan fingerprint density at radius 2 is 2.00 bits per heavy atom. The summed E-state index contributed by atoms with van der Waals surface area (Å²) in [4.78, 5) is 0. The van der Waals surface area contributed by atoms with E-state index in [0.717, 1.165) is 13.1 Å². The van der Waals surface area contributed by atoms with Gasteiger partial charge < -0.3 is 5.73 Å². The predicted octanol–water partition coefficient (Wildman–Crippen LogP) is 2.22. The first-order chi connectivity index (χ1) is 7.45. The van der Waals surface area contributed by atoms with Crippen LogP contribution < -0.4 is 5.73 Å². The van der Waals surface area contributed by atoms with E-state index < -0.39 is 0 Å². The van der Waals surface area contributed by atoms with Crippen LogP contribution in [0.1, 0.15) is 43.6 Å². The minimum Gasteiger partial charge on any atom is -0.330 e. The monoisotopic (exact) mass is 221 g/mol. The number of aromatic nitrogens is 2. The van der Waals surface area contributed by atoms with Crippen molar-refractivity contribution in [3.8, 4) is 0 Å². The molecule has 0 aliphatic heterocycles. The molecule has 1 saturated carbocycles. The minimum absolute atomic E-state index is 0.353. The number of hydrogen-bond acceptors (Lipinski definition) is 2. The fraction of sp³-hybridized carbons (Fsp3) is 0.769. The topological polar surface area (TPSA) is 43.8 Å². The van der Waals surface area contributed by atoms with Gasteiger partial charge in [0, 0.05) is 12.2 Å². The van der Waals surface area contributed by atoms with E-state index in [9.17, 15) is 0 Å². The van der Waals surface area contributed by atoms with Gasteiger partial charge in [-0.3, -0.25) is 4.68 Å². The molecule has 1 aromatic rings. The van der Waals surface area contributed by atoms with E-state index in [1.807, 2.05) is 0 Å². The quantitative estimate of drug-likeness (QED) is 0.850. The average Bonchev–Trinajstić information content (AvgIpc) is 2.63. The number of nitrogens with two attached hydrogens (primary N) is 1. The Hall–Kier alpha value is -0.830. The van der Waals surface area contributed by atoms with Crippen molar-refractivity contribution in [2.24, 2.45) is 17.1 Å². The normalized spacial score (nSPS) is 27.1. The highest BCUT2D eigenvalue weighted by Crippen LogP contribution is 2.64. The number of rotatable bonds is 3. The highest BCUT2D eigenvalue weighted by Gasteiger charge is 2.58. The molecule has 3 heteroatoms. The van der Waals surface area contributed by atoms with Crippen molar-refractivity contribution in [2.75, 3.05) is 6.54 Å². The van der Waals surface area contributed by atoms with Crippen molar-refractivity contribution >= 4 is 0 Å². The molecular weight excluding hydrogens is 198 g/mol. The molecule has 1 aliphatic carbocycles. The van der Waals surface area contributed by atoms with Crippen LogP contribution in [0.3, 0.4) is 0 Å². The summed E-state index contributed by atoms with van der Waals surface area (Å²) in [5.74, 6) is 1.23. The molecule has 1 heterocycles. The summed E-state index contributed by atoms with van der Waals surface area (Å²) in [6, 6.07) is 0. The molecular formula is C13H23N3. The second-order valence-electron chi connectivity index (χ2n) is 5.54. The van der Waals surface area contributed by atoms with Crippen molar-refractivity contribution in [1.29, 1.82) is 0 Å². The third-order valence-corrected chi connectivity index (χ3v) is 4.35. The van der Waals surface area contributed by atoms with E-state index in [2.05, 4.69) is 44.4 Å². The van der Waals surface area contributed by atoms with Crippen LogP contribution in [0.4, 0.5) is 0 Å². The summed E-state index contributed by atoms with van der Waals surface area (Å²) in [6.07, 6.45) is 0. The molecule has 2 N–H and O–H groups in total. The van der Waals surface area contributed by atoms with Gasteiger partial charge in [-0.05, 0) is 50.1 Å². The van der Waals surface area contributed by atoms with Crippen molar-refractivity contribution in [2.45, 2.75) is 47.1 Å². The summed E-state index contributed by atoms with van der Waals surface area (Å²) >= 11 is 0. The zero-order chi connectivity index (χ0) is 12.1. The van der Waals surface area contributed by atoms with E-state index in [0.29, 0.717) is 17.3 Å². The van der Waals surface area contributed by atoms with Gasteiger partial charge in [0.15, 0.2) is 0 Å². The third-order valence-electron chi connectivity index (χ3n) is 4.35. The Balaban J connectivity index is 2.39. The fourth-order valence-corrected chi connectivity index (χ4v) is 3.23. The van der Waals surface area contributed by atoms with E-state index in [4.69, 9.17) is 5.73 Å². The Morgan fingerprint density at radius 3 is 2.38 bits per heavy atom. The second kappa shape index (κ2) is 3.59. The molecule has 3 nitrogen and oxygen atoms in total. The van der Waals surface area contributed by atoms with Gasteiger partial charge >= 0.3 is 0 Å². The van der Waals surface area contributed by atoms with Crippen molar-refractivity contribution in [1.82, 2.24) is 9.78 Å². The largest absolute Gasteiger partial charge is 0.330 e. The predicted molar refractivity (Wildman–Crippen MR) is 66.4 cm³/mol. The zero-order valence-electron chi connectivity index (χ0n) is 11.0. The smallest absolute Gasteiger partial charge is 0.0631 e. The summed E-state index contributed by atoms with van der Waals surface area (Å²) in [5.41, 5.74) is 10.2. The van der Waals surface area contributed by atoms with Crippen LogP contribution >= 0.6 is 0 Å². The lowest BCUT2D eigenvalue weighted by molar-refractivity contribution is 0.558. The lowest BCUT2D eigenvalue weighted by atomic mass is 10.0. The van der Waals surface area contributed by atoms with Crippen molar-refractivity contribution in [3.63, 3.8) is 0 Å². The molecule has 1 fully saturated rings. The van der Waals surface area contributed by atoms with Gasteiger partial charge in [0.1, 0.15) is 0 Å². The molecule has 0 saturated heterocycles. The Morgan fingerprint density at radius 1 is 1.38 bits per heavy atom. The molecule has 0 unspecified atom stereocenters. The third kappa shape index (κ3) is 1.41. The van der Waals surface area contributed by atoms with Crippen LogP contribution in [0.5, 0.6) is 0 Å². The van der Waals surface area contributed by atoms with Crippen LogP contribution in [0.25, 0.3) is 0 Å². The lowest BCUT2D eigenvalue weighted by Gasteiger charge is -2.04. The summed E-state index contributed by atoms with van der Waals surface area (Å²) < 4.78 is 2.10. The first-order valence-corrected chi connectivity index (χ1v) is 6.19. The molecule has 2 atom stereocenters. The van der Waals surface area contributed by atoms with Gasteiger partial charge in [-0.1, -0.05) is 13.8 Å². The van der Waals surface area contributed by atoms with Gasteiger partial charge in [0.05, 0.1) is 5.69 Å². The zero-order valence-corrected chi connectivity index (χ0v) is 11.0. The first kappa shape index (κ1) is 11.6. The maximum Gasteiger partial charge on any atom is 0.0631 e. The Labute approximate surface area is 98.0 Å². The molecule has 0 bridgehead atoms.